The van der Waals surface area contributed by atoms with E-state index in [9.17, 15) is 14.4 Å². The van der Waals surface area contributed by atoms with Crippen LogP contribution in [-0.2, 0) is 24.2 Å². The number of anilines is 3. The number of likely N-dealkylation sites (tertiary alicyclic amines) is 1. The molecule has 43 heavy (non-hydrogen) atoms. The minimum atomic E-state index is -0.987. The highest BCUT2D eigenvalue weighted by molar-refractivity contribution is 5.91. The number of fused-ring (bicyclic) bond motifs is 2. The number of amides is 1. The van der Waals surface area contributed by atoms with Gasteiger partial charge in [0.1, 0.15) is 6.61 Å². The van der Waals surface area contributed by atoms with E-state index < -0.39 is 17.8 Å². The topological polar surface area (TPSA) is 79.2 Å². The number of hydrogen-bond acceptors (Lipinski definition) is 8. The highest BCUT2D eigenvalue weighted by Gasteiger charge is 2.34. The van der Waals surface area contributed by atoms with Crippen LogP contribution in [-0.4, -0.2) is 92.7 Å². The zero-order valence-electron chi connectivity index (χ0n) is 25.4. The second-order valence-corrected chi connectivity index (χ2v) is 12.3. The predicted octanol–water partition coefficient (Wildman–Crippen LogP) is 3.91. The van der Waals surface area contributed by atoms with Crippen molar-refractivity contribution in [1.82, 2.24) is 14.8 Å². The number of nitriles is 1. The molecule has 4 aliphatic heterocycles. The summed E-state index contributed by atoms with van der Waals surface area (Å²) in [5.74, 6) is -1.11. The molecule has 228 valence electrons. The summed E-state index contributed by atoms with van der Waals surface area (Å²) in [5.41, 5.74) is 7.20. The summed E-state index contributed by atoms with van der Waals surface area (Å²) in [5, 5.41) is 9.52. The van der Waals surface area contributed by atoms with Gasteiger partial charge in [-0.2, -0.15) is 5.26 Å². The maximum atomic E-state index is 13.8. The fraction of sp³-hybridized carbons (Fsp3) is 0.545. The molecule has 1 aromatic carbocycles. The molecule has 0 aliphatic carbocycles. The fourth-order valence-corrected chi connectivity index (χ4v) is 7.30. The molecular weight excluding hydrogens is 545 g/mol. The number of benzene rings is 1. The van der Waals surface area contributed by atoms with Crippen molar-refractivity contribution in [2.24, 2.45) is 0 Å². The number of likely N-dealkylation sites (N-methyl/N-ethyl adjacent to an activating group) is 1. The molecule has 4 aliphatic rings. The Morgan fingerprint density at radius 2 is 1.95 bits per heavy atom. The smallest absolute Gasteiger partial charge is 0.282 e. The molecule has 2 aromatic rings. The van der Waals surface area contributed by atoms with Gasteiger partial charge in [0, 0.05) is 63.1 Å². The molecule has 5 heterocycles. The number of hydrogen-bond donors (Lipinski definition) is 0. The summed E-state index contributed by atoms with van der Waals surface area (Å²) < 4.78 is 20.2. The van der Waals surface area contributed by atoms with E-state index in [0.29, 0.717) is 44.7 Å². The van der Waals surface area contributed by atoms with Crippen LogP contribution in [0.1, 0.15) is 42.5 Å². The van der Waals surface area contributed by atoms with Gasteiger partial charge in [0.25, 0.3) is 5.91 Å². The summed E-state index contributed by atoms with van der Waals surface area (Å²) in [6.07, 6.45) is 5.50. The third kappa shape index (κ3) is 5.87. The normalized spacial score (nSPS) is 22.2. The Bertz CT molecular complexity index is 1420. The van der Waals surface area contributed by atoms with Gasteiger partial charge in [0.2, 0.25) is 5.88 Å². The lowest BCUT2D eigenvalue weighted by Crippen LogP contribution is -2.55. The van der Waals surface area contributed by atoms with E-state index in [1.807, 2.05) is 6.07 Å². The number of aryl methyl sites for hydroxylation is 1. The molecule has 1 amide bonds. The van der Waals surface area contributed by atoms with Gasteiger partial charge in [-0.15, -0.1) is 0 Å². The van der Waals surface area contributed by atoms with Gasteiger partial charge in [-0.05, 0) is 57.3 Å². The first-order valence-corrected chi connectivity index (χ1v) is 15.5. The van der Waals surface area contributed by atoms with Crippen LogP contribution in [0, 0.1) is 11.3 Å². The second kappa shape index (κ2) is 12.4. The van der Waals surface area contributed by atoms with Crippen molar-refractivity contribution in [2.45, 2.75) is 57.2 Å². The summed E-state index contributed by atoms with van der Waals surface area (Å²) in [4.78, 5) is 28.5. The molecule has 0 N–H and O–H groups in total. The van der Waals surface area contributed by atoms with Gasteiger partial charge in [-0.25, -0.2) is 9.37 Å². The average Bonchev–Trinajstić information content (AvgIpc) is 3.43. The highest BCUT2D eigenvalue weighted by atomic mass is 19.1. The number of nitrogens with zero attached hydrogens (tertiary/aromatic N) is 7. The molecule has 2 atom stereocenters. The maximum Gasteiger partial charge on any atom is 0.282 e. The van der Waals surface area contributed by atoms with E-state index in [1.54, 1.807) is 0 Å². The minimum Gasteiger partial charge on any atom is -0.476 e. The van der Waals surface area contributed by atoms with E-state index in [2.05, 4.69) is 64.5 Å². The number of carbonyl (C=O) groups is 1. The molecule has 2 saturated heterocycles. The SMILES string of the molecule is C=C(F)C(=O)N1CCN(c2cc(OC[C@@H]3CCCN3C)nc3c2CCN(c2cccc4c2N(C)CCC4)C3)C[C@@H]1CC#N. The molecule has 0 saturated carbocycles. The van der Waals surface area contributed by atoms with Crippen molar-refractivity contribution in [3.63, 3.8) is 0 Å². The van der Waals surface area contributed by atoms with Crippen molar-refractivity contribution >= 4 is 23.0 Å². The van der Waals surface area contributed by atoms with Crippen molar-refractivity contribution in [3.05, 3.63) is 53.5 Å². The first kappa shape index (κ1) is 29.2. The first-order valence-electron chi connectivity index (χ1n) is 15.5. The van der Waals surface area contributed by atoms with Crippen molar-refractivity contribution in [3.8, 4) is 11.9 Å². The highest BCUT2D eigenvalue weighted by Crippen LogP contribution is 2.40. The number of piperazine rings is 1. The Morgan fingerprint density at radius 3 is 2.72 bits per heavy atom. The molecule has 0 spiro atoms. The lowest BCUT2D eigenvalue weighted by atomic mass is 9.97. The van der Waals surface area contributed by atoms with Crippen LogP contribution in [0.15, 0.2) is 36.7 Å². The Morgan fingerprint density at radius 1 is 1.09 bits per heavy atom. The van der Waals surface area contributed by atoms with Gasteiger partial charge in [0.05, 0.1) is 42.1 Å². The number of halogens is 1. The monoisotopic (exact) mass is 587 g/mol. The molecule has 9 nitrogen and oxygen atoms in total. The Balaban J connectivity index is 1.32. The summed E-state index contributed by atoms with van der Waals surface area (Å²) >= 11 is 0. The minimum absolute atomic E-state index is 0.126. The van der Waals surface area contributed by atoms with Crippen LogP contribution in [0.4, 0.5) is 21.5 Å². The van der Waals surface area contributed by atoms with E-state index in [0.717, 1.165) is 50.3 Å². The van der Waals surface area contributed by atoms with Crippen LogP contribution in [0.5, 0.6) is 5.88 Å². The van der Waals surface area contributed by atoms with E-state index in [-0.39, 0.29) is 6.42 Å². The van der Waals surface area contributed by atoms with Gasteiger partial charge >= 0.3 is 0 Å². The Kier molecular flexibility index (Phi) is 8.44. The van der Waals surface area contributed by atoms with Crippen LogP contribution in [0.25, 0.3) is 0 Å². The Labute approximate surface area is 254 Å². The van der Waals surface area contributed by atoms with Crippen molar-refractivity contribution < 1.29 is 13.9 Å². The third-order valence-electron chi connectivity index (χ3n) is 9.63. The zero-order chi connectivity index (χ0) is 30.1. The van der Waals surface area contributed by atoms with Crippen LogP contribution < -0.4 is 19.4 Å². The summed E-state index contributed by atoms with van der Waals surface area (Å²) in [6.45, 7) is 8.75. The summed E-state index contributed by atoms with van der Waals surface area (Å²) in [7, 11) is 4.33. The van der Waals surface area contributed by atoms with Crippen molar-refractivity contribution in [2.75, 3.05) is 74.7 Å². The maximum absolute atomic E-state index is 13.8. The first-order chi connectivity index (χ1) is 20.8. The lowest BCUT2D eigenvalue weighted by Gasteiger charge is -2.43. The number of rotatable bonds is 7. The quantitative estimate of drug-likeness (QED) is 0.452. The predicted molar refractivity (Wildman–Crippen MR) is 166 cm³/mol. The lowest BCUT2D eigenvalue weighted by molar-refractivity contribution is -0.131. The average molecular weight is 588 g/mol. The number of carbonyl (C=O) groups excluding carboxylic acids is 1. The van der Waals surface area contributed by atoms with E-state index in [1.165, 1.54) is 40.2 Å². The van der Waals surface area contributed by atoms with Gasteiger partial charge in [0.15, 0.2) is 5.83 Å². The Hall–Kier alpha value is -3.84. The standard InChI is InChI=1S/C33H42FN7O2/c1-23(34)33(42)41-18-17-40(20-25(41)11-13-35)30-19-31(43-22-26-9-6-14-37(26)2)36-28-21-39(16-12-27(28)30)29-10-4-7-24-8-5-15-38(3)32(24)29/h4,7,10,19,25-26H,1,5-6,8-9,11-12,14-18,20-22H2,2-3H3/t25-,26-/m0/s1. The third-order valence-corrected chi connectivity index (χ3v) is 9.63. The fourth-order valence-electron chi connectivity index (χ4n) is 7.30. The molecule has 2 fully saturated rings. The van der Waals surface area contributed by atoms with Gasteiger partial charge in [-0.1, -0.05) is 18.7 Å². The molecule has 0 bridgehead atoms. The van der Waals surface area contributed by atoms with Crippen LogP contribution in [0.2, 0.25) is 0 Å². The van der Waals surface area contributed by atoms with Crippen LogP contribution in [0.3, 0.4) is 0 Å². The summed E-state index contributed by atoms with van der Waals surface area (Å²) in [6, 6.07) is 10.8. The molecule has 10 heteroatoms. The molecule has 1 aromatic heterocycles. The van der Waals surface area contributed by atoms with Crippen molar-refractivity contribution in [1.29, 1.82) is 5.26 Å². The number of para-hydroxylation sites is 1. The zero-order valence-corrected chi connectivity index (χ0v) is 25.4. The van der Waals surface area contributed by atoms with Gasteiger partial charge < -0.3 is 29.2 Å². The number of pyridine rings is 1. The molecule has 6 rings (SSSR count). The number of ether oxygens (including phenoxy) is 1. The van der Waals surface area contributed by atoms with Gasteiger partial charge in [-0.3, -0.25) is 4.79 Å². The molecule has 0 radical (unpaired) electrons. The van der Waals surface area contributed by atoms with Crippen LogP contribution >= 0.6 is 0 Å². The molecular formula is C33H42FN7O2. The number of aromatic nitrogens is 1. The van der Waals surface area contributed by atoms with E-state index >= 15 is 0 Å². The second-order valence-electron chi connectivity index (χ2n) is 12.3. The van der Waals surface area contributed by atoms with E-state index in [4.69, 9.17) is 9.72 Å². The largest absolute Gasteiger partial charge is 0.476 e. The molecule has 0 unspecified atom stereocenters.